The summed E-state index contributed by atoms with van der Waals surface area (Å²) in [6.45, 7) is 3.82. The number of aromatic nitrogens is 3. The molecule has 14 heteroatoms. The largest absolute Gasteiger partial charge is 0.367 e. The molecule has 6 N–H and O–H groups in total. The van der Waals surface area contributed by atoms with Gasteiger partial charge in [-0.2, -0.15) is 0 Å². The lowest BCUT2D eigenvalue weighted by Gasteiger charge is -2.16. The van der Waals surface area contributed by atoms with Gasteiger partial charge in [-0.1, -0.05) is 5.21 Å². The maximum absolute atomic E-state index is 12.2. The van der Waals surface area contributed by atoms with Crippen molar-refractivity contribution in [1.82, 2.24) is 25.8 Å². The quantitative estimate of drug-likeness (QED) is 0.119. The molecule has 0 aliphatic rings. The monoisotopic (exact) mass is 379 g/mol. The summed E-state index contributed by atoms with van der Waals surface area (Å²) >= 11 is 0. The van der Waals surface area contributed by atoms with Crippen LogP contribution in [0, 0.1) is 0 Å². The number of nitrogens with two attached hydrogens (primary N) is 2. The van der Waals surface area contributed by atoms with E-state index in [1.165, 1.54) is 0 Å². The lowest BCUT2D eigenvalue weighted by atomic mass is 10.3. The Balaban J connectivity index is 2.74. The van der Waals surface area contributed by atoms with Crippen LogP contribution in [0.2, 0.25) is 0 Å². The fourth-order valence-corrected chi connectivity index (χ4v) is 3.18. The van der Waals surface area contributed by atoms with Gasteiger partial charge < -0.3 is 13.8 Å². The molecule has 0 unspecified atom stereocenters. The molecule has 142 valence electrons. The van der Waals surface area contributed by atoms with Crippen molar-refractivity contribution in [2.75, 3.05) is 26.2 Å². The van der Waals surface area contributed by atoms with Crippen LogP contribution in [0.3, 0.4) is 0 Å². The number of hydrogen-bond donors (Lipinski definition) is 4. The molecule has 0 saturated heterocycles. The zero-order valence-corrected chi connectivity index (χ0v) is 14.8. The van der Waals surface area contributed by atoms with E-state index in [9.17, 15) is 14.2 Å². The summed E-state index contributed by atoms with van der Waals surface area (Å²) < 4.78 is 28.8. The fraction of sp³-hybridized carbons (Fsp3) is 0.636. The smallest absolute Gasteiger partial charge is 0.356 e. The van der Waals surface area contributed by atoms with Gasteiger partial charge in [-0.25, -0.2) is 16.4 Å². The van der Waals surface area contributed by atoms with Gasteiger partial charge in [-0.05, 0) is 13.8 Å². The van der Waals surface area contributed by atoms with Gasteiger partial charge in [0.1, 0.15) is 6.35 Å². The Morgan fingerprint density at radius 2 is 1.76 bits per heavy atom. The number of amides is 2. The highest BCUT2D eigenvalue weighted by Gasteiger charge is 2.26. The van der Waals surface area contributed by atoms with Gasteiger partial charge in [-0.15, -0.1) is 5.10 Å². The van der Waals surface area contributed by atoms with E-state index in [1.807, 2.05) is 10.9 Å². The molecular formula is C11H22N7O6P. The van der Waals surface area contributed by atoms with Crippen LogP contribution in [0.1, 0.15) is 34.8 Å². The maximum atomic E-state index is 12.2. The number of carbonyl (C=O) groups excluding carboxylic acids is 2. The van der Waals surface area contributed by atoms with E-state index in [1.54, 1.807) is 13.8 Å². The number of nitrogens with zero attached hydrogens (tertiary/aromatic N) is 3. The minimum absolute atomic E-state index is 0.00202. The molecule has 2 amide bonds. The zero-order valence-electron chi connectivity index (χ0n) is 13.9. The molecule has 1 heterocycles. The first-order chi connectivity index (χ1) is 11.9. The van der Waals surface area contributed by atoms with Crippen molar-refractivity contribution in [3.8, 4) is 0 Å². The third-order valence-corrected chi connectivity index (χ3v) is 4.58. The van der Waals surface area contributed by atoms with Crippen LogP contribution in [0.5, 0.6) is 0 Å². The number of ether oxygens (including phenoxy) is 1. The lowest BCUT2D eigenvalue weighted by molar-refractivity contribution is 0.0905. The van der Waals surface area contributed by atoms with Crippen molar-refractivity contribution in [1.29, 1.82) is 0 Å². The molecule has 0 aliphatic heterocycles. The standard InChI is InChI=1S/C11H22N7O6P/c1-3-23-25(21,24-4-2)7-22-6-5-18-9(11(20)15-13)8(16-17-18)10(19)14-12/h3-7,12-13H2,1-2H3,(H,14,19)(H,15,20). The van der Waals surface area contributed by atoms with E-state index < -0.39 is 19.4 Å². The Morgan fingerprint density at radius 3 is 2.28 bits per heavy atom. The summed E-state index contributed by atoms with van der Waals surface area (Å²) in [4.78, 5) is 23.4. The van der Waals surface area contributed by atoms with E-state index in [0.717, 1.165) is 4.68 Å². The molecule has 1 rings (SSSR count). The number of hydrogen-bond acceptors (Lipinski definition) is 10. The normalized spacial score (nSPS) is 11.4. The van der Waals surface area contributed by atoms with Gasteiger partial charge in [0, 0.05) is 0 Å². The van der Waals surface area contributed by atoms with E-state index in [2.05, 4.69) is 10.3 Å². The molecule has 1 aromatic rings. The van der Waals surface area contributed by atoms with Crippen LogP contribution in [0.25, 0.3) is 0 Å². The minimum atomic E-state index is -3.34. The SMILES string of the molecule is CCOP(=O)(COCCn1nnc(C(=O)NN)c1C(=O)NN)OCC. The molecule has 0 bridgehead atoms. The summed E-state index contributed by atoms with van der Waals surface area (Å²) in [5, 5.41) is 7.27. The molecule has 0 fully saturated rings. The lowest BCUT2D eigenvalue weighted by Crippen LogP contribution is -2.36. The number of hydrazine groups is 2. The molecule has 0 aliphatic carbocycles. The molecule has 0 atom stereocenters. The van der Waals surface area contributed by atoms with Gasteiger partial charge in [0.2, 0.25) is 0 Å². The molecule has 0 aromatic carbocycles. The van der Waals surface area contributed by atoms with Gasteiger partial charge in [-0.3, -0.25) is 25.0 Å². The fourth-order valence-electron chi connectivity index (χ4n) is 1.82. The Kier molecular flexibility index (Phi) is 8.61. The Bertz CT molecular complexity index is 626. The highest BCUT2D eigenvalue weighted by atomic mass is 31.2. The molecular weight excluding hydrogens is 357 g/mol. The summed E-state index contributed by atoms with van der Waals surface area (Å²) in [6, 6.07) is 0. The Morgan fingerprint density at radius 1 is 1.16 bits per heavy atom. The number of carbonyl (C=O) groups is 2. The van der Waals surface area contributed by atoms with Crippen molar-refractivity contribution >= 4 is 19.4 Å². The number of nitrogens with one attached hydrogen (secondary N) is 2. The van der Waals surface area contributed by atoms with Crippen molar-refractivity contribution in [2.24, 2.45) is 11.7 Å². The second-order valence-electron chi connectivity index (χ2n) is 4.44. The topological polar surface area (TPSA) is 186 Å². The van der Waals surface area contributed by atoms with Crippen LogP contribution in [-0.4, -0.2) is 53.0 Å². The highest BCUT2D eigenvalue weighted by molar-refractivity contribution is 7.53. The van der Waals surface area contributed by atoms with Crippen molar-refractivity contribution in [3.63, 3.8) is 0 Å². The average molecular weight is 379 g/mol. The van der Waals surface area contributed by atoms with Crippen LogP contribution in [-0.2, 0) is 24.9 Å². The Labute approximate surface area is 143 Å². The number of rotatable bonds is 11. The van der Waals surface area contributed by atoms with E-state index in [-0.39, 0.29) is 44.1 Å². The molecule has 13 nitrogen and oxygen atoms in total. The van der Waals surface area contributed by atoms with Crippen LogP contribution in [0.15, 0.2) is 0 Å². The zero-order chi connectivity index (χ0) is 18.9. The maximum Gasteiger partial charge on any atom is 0.356 e. The summed E-state index contributed by atoms with van der Waals surface area (Å²) in [5.41, 5.74) is 3.26. The van der Waals surface area contributed by atoms with Gasteiger partial charge >= 0.3 is 7.60 Å². The van der Waals surface area contributed by atoms with Gasteiger partial charge in [0.25, 0.3) is 11.8 Å². The minimum Gasteiger partial charge on any atom is -0.367 e. The van der Waals surface area contributed by atoms with Crippen LogP contribution in [0.4, 0.5) is 0 Å². The average Bonchev–Trinajstić information content (AvgIpc) is 3.01. The van der Waals surface area contributed by atoms with Crippen LogP contribution < -0.4 is 22.5 Å². The molecule has 1 aromatic heterocycles. The number of nitrogen functional groups attached to an aromatic ring is 2. The summed E-state index contributed by atoms with van der Waals surface area (Å²) in [6.07, 6.45) is -0.266. The predicted octanol–water partition coefficient (Wildman–Crippen LogP) is -1.27. The second kappa shape index (κ2) is 10.2. The Hall–Kier alpha value is -1.89. The highest BCUT2D eigenvalue weighted by Crippen LogP contribution is 2.47. The molecule has 0 radical (unpaired) electrons. The van der Waals surface area contributed by atoms with Crippen LogP contribution >= 0.6 is 7.60 Å². The third-order valence-electron chi connectivity index (χ3n) is 2.78. The van der Waals surface area contributed by atoms with E-state index >= 15 is 0 Å². The van der Waals surface area contributed by atoms with Crippen molar-refractivity contribution in [3.05, 3.63) is 11.4 Å². The first-order valence-corrected chi connectivity index (χ1v) is 9.06. The van der Waals surface area contributed by atoms with Gasteiger partial charge in [0.05, 0.1) is 26.4 Å². The van der Waals surface area contributed by atoms with E-state index in [0.29, 0.717) is 0 Å². The molecule has 0 saturated carbocycles. The summed E-state index contributed by atoms with van der Waals surface area (Å²) in [5.74, 6) is 8.53. The van der Waals surface area contributed by atoms with Crippen molar-refractivity contribution < 1.29 is 27.9 Å². The third kappa shape index (κ3) is 5.85. The predicted molar refractivity (Wildman–Crippen MR) is 85.0 cm³/mol. The van der Waals surface area contributed by atoms with Crippen molar-refractivity contribution in [2.45, 2.75) is 20.4 Å². The first kappa shape index (κ1) is 21.2. The first-order valence-electron chi connectivity index (χ1n) is 7.33. The second-order valence-corrected chi connectivity index (χ2v) is 6.44. The van der Waals surface area contributed by atoms with Gasteiger partial charge in [0.15, 0.2) is 11.4 Å². The summed E-state index contributed by atoms with van der Waals surface area (Å²) in [7, 11) is -3.34. The molecule has 25 heavy (non-hydrogen) atoms. The van der Waals surface area contributed by atoms with E-state index in [4.69, 9.17) is 25.5 Å². The molecule has 0 spiro atoms.